The molecular formula is C14H20N2O2. The number of benzene rings is 1. The van der Waals surface area contributed by atoms with Gasteiger partial charge in [-0.25, -0.2) is 0 Å². The molecule has 2 rings (SSSR count). The van der Waals surface area contributed by atoms with E-state index in [4.69, 9.17) is 0 Å². The lowest BCUT2D eigenvalue weighted by atomic mass is 10.1. The number of ketones is 1. The molecule has 1 aromatic rings. The topological polar surface area (TPSA) is 52.6 Å². The largest absolute Gasteiger partial charge is 0.395 e. The molecule has 1 heterocycles. The van der Waals surface area contributed by atoms with Crippen LogP contribution in [0.3, 0.4) is 0 Å². The van der Waals surface area contributed by atoms with Gasteiger partial charge in [0.2, 0.25) is 0 Å². The van der Waals surface area contributed by atoms with Gasteiger partial charge in [0.15, 0.2) is 5.78 Å². The number of piperazine rings is 1. The van der Waals surface area contributed by atoms with E-state index < -0.39 is 0 Å². The van der Waals surface area contributed by atoms with Crippen LogP contribution in [0, 0.1) is 0 Å². The van der Waals surface area contributed by atoms with Gasteiger partial charge in [0, 0.05) is 36.4 Å². The number of nitrogens with zero attached hydrogens (tertiary/aromatic N) is 1. The van der Waals surface area contributed by atoms with Crippen LogP contribution in [0.25, 0.3) is 0 Å². The van der Waals surface area contributed by atoms with Crippen LogP contribution in [0.2, 0.25) is 0 Å². The maximum Gasteiger partial charge on any atom is 0.159 e. The highest BCUT2D eigenvalue weighted by Gasteiger charge is 2.24. The van der Waals surface area contributed by atoms with E-state index in [1.165, 1.54) is 0 Å². The fourth-order valence-electron chi connectivity index (χ4n) is 2.32. The Morgan fingerprint density at radius 1 is 1.56 bits per heavy atom. The maximum atomic E-state index is 11.4. The Kier molecular flexibility index (Phi) is 3.99. The normalized spacial score (nSPS) is 24.1. The van der Waals surface area contributed by atoms with Gasteiger partial charge in [-0.2, -0.15) is 0 Å². The number of aliphatic hydroxyl groups is 1. The van der Waals surface area contributed by atoms with Crippen molar-refractivity contribution in [2.45, 2.75) is 25.9 Å². The van der Waals surface area contributed by atoms with Crippen molar-refractivity contribution in [2.75, 3.05) is 24.6 Å². The first-order chi connectivity index (χ1) is 8.61. The minimum Gasteiger partial charge on any atom is -0.395 e. The quantitative estimate of drug-likeness (QED) is 0.785. The molecule has 2 unspecified atom stereocenters. The van der Waals surface area contributed by atoms with Gasteiger partial charge in [-0.15, -0.1) is 0 Å². The van der Waals surface area contributed by atoms with Crippen LogP contribution in [0.5, 0.6) is 0 Å². The van der Waals surface area contributed by atoms with Gasteiger partial charge in [-0.3, -0.25) is 4.79 Å². The average molecular weight is 248 g/mol. The van der Waals surface area contributed by atoms with Gasteiger partial charge in [0.25, 0.3) is 0 Å². The summed E-state index contributed by atoms with van der Waals surface area (Å²) in [5.74, 6) is 0.0818. The van der Waals surface area contributed by atoms with Crippen LogP contribution in [-0.2, 0) is 0 Å². The molecule has 0 spiro atoms. The molecule has 0 saturated carbocycles. The number of carbonyl (C=O) groups excluding carboxylic acids is 1. The van der Waals surface area contributed by atoms with Crippen LogP contribution >= 0.6 is 0 Å². The van der Waals surface area contributed by atoms with Crippen molar-refractivity contribution in [3.05, 3.63) is 29.8 Å². The molecule has 0 radical (unpaired) electrons. The zero-order valence-electron chi connectivity index (χ0n) is 10.9. The Morgan fingerprint density at radius 3 is 3.00 bits per heavy atom. The van der Waals surface area contributed by atoms with Crippen LogP contribution < -0.4 is 10.2 Å². The number of aliphatic hydroxyl groups excluding tert-OH is 1. The van der Waals surface area contributed by atoms with Crippen molar-refractivity contribution in [2.24, 2.45) is 0 Å². The fourth-order valence-corrected chi connectivity index (χ4v) is 2.32. The third-order valence-electron chi connectivity index (χ3n) is 3.46. The lowest BCUT2D eigenvalue weighted by molar-refractivity contribution is 0.101. The molecule has 1 aliphatic rings. The maximum absolute atomic E-state index is 11.4. The average Bonchev–Trinajstić information content (AvgIpc) is 2.39. The monoisotopic (exact) mass is 248 g/mol. The van der Waals surface area contributed by atoms with E-state index in [1.807, 2.05) is 24.3 Å². The molecule has 2 N–H and O–H groups in total. The van der Waals surface area contributed by atoms with Crippen molar-refractivity contribution >= 4 is 11.5 Å². The standard InChI is InChI=1S/C14H20N2O2/c1-10-7-15-13(9-17)8-16(10)14-5-3-4-12(6-14)11(2)18/h3-6,10,13,15,17H,7-9H2,1-2H3. The molecule has 0 amide bonds. The third-order valence-corrected chi connectivity index (χ3v) is 3.46. The summed E-state index contributed by atoms with van der Waals surface area (Å²) < 4.78 is 0. The van der Waals surface area contributed by atoms with Gasteiger partial charge >= 0.3 is 0 Å². The molecule has 0 aliphatic carbocycles. The SMILES string of the molecule is CC(=O)c1cccc(N2CC(CO)NCC2C)c1. The molecule has 0 bridgehead atoms. The van der Waals surface area contributed by atoms with E-state index in [9.17, 15) is 9.90 Å². The van der Waals surface area contributed by atoms with E-state index >= 15 is 0 Å². The van der Waals surface area contributed by atoms with Crippen molar-refractivity contribution < 1.29 is 9.90 Å². The second-order valence-electron chi connectivity index (χ2n) is 4.90. The summed E-state index contributed by atoms with van der Waals surface area (Å²) >= 11 is 0. The van der Waals surface area contributed by atoms with Gasteiger partial charge in [0.1, 0.15) is 0 Å². The minimum absolute atomic E-state index is 0.0818. The Bertz CT molecular complexity index is 434. The van der Waals surface area contributed by atoms with Gasteiger partial charge in [0.05, 0.1) is 6.61 Å². The molecule has 98 valence electrons. The van der Waals surface area contributed by atoms with Gasteiger partial charge in [-0.05, 0) is 26.0 Å². The van der Waals surface area contributed by atoms with Crippen molar-refractivity contribution in [1.82, 2.24) is 5.32 Å². The fraction of sp³-hybridized carbons (Fsp3) is 0.500. The predicted octanol–water partition coefficient (Wildman–Crippen LogP) is 1.05. The number of hydrogen-bond acceptors (Lipinski definition) is 4. The lowest BCUT2D eigenvalue weighted by Gasteiger charge is -2.40. The second kappa shape index (κ2) is 5.50. The van der Waals surface area contributed by atoms with Crippen LogP contribution in [0.15, 0.2) is 24.3 Å². The smallest absolute Gasteiger partial charge is 0.159 e. The molecule has 4 heteroatoms. The van der Waals surface area contributed by atoms with Crippen LogP contribution in [0.1, 0.15) is 24.2 Å². The Hall–Kier alpha value is -1.39. The number of Topliss-reactive ketones (excluding diaryl/α,β-unsaturated/α-hetero) is 1. The molecule has 1 saturated heterocycles. The van der Waals surface area contributed by atoms with Gasteiger partial charge in [-0.1, -0.05) is 12.1 Å². The zero-order valence-corrected chi connectivity index (χ0v) is 10.9. The summed E-state index contributed by atoms with van der Waals surface area (Å²) in [6, 6.07) is 8.15. The predicted molar refractivity (Wildman–Crippen MR) is 72.1 cm³/mol. The van der Waals surface area contributed by atoms with Crippen LogP contribution in [-0.4, -0.2) is 42.7 Å². The number of nitrogens with one attached hydrogen (secondary N) is 1. The Morgan fingerprint density at radius 2 is 2.33 bits per heavy atom. The van der Waals surface area contributed by atoms with Crippen molar-refractivity contribution in [3.63, 3.8) is 0 Å². The number of anilines is 1. The molecule has 2 atom stereocenters. The number of rotatable bonds is 3. The minimum atomic E-state index is 0.0818. The van der Waals surface area contributed by atoms with E-state index in [1.54, 1.807) is 6.92 Å². The highest BCUT2D eigenvalue weighted by molar-refractivity contribution is 5.95. The first-order valence-corrected chi connectivity index (χ1v) is 6.33. The lowest BCUT2D eigenvalue weighted by Crippen LogP contribution is -2.56. The summed E-state index contributed by atoms with van der Waals surface area (Å²) in [5.41, 5.74) is 1.79. The first kappa shape index (κ1) is 13.1. The molecule has 0 aromatic heterocycles. The Balaban J connectivity index is 2.23. The second-order valence-corrected chi connectivity index (χ2v) is 4.90. The van der Waals surface area contributed by atoms with Gasteiger partial charge < -0.3 is 15.3 Å². The summed E-state index contributed by atoms with van der Waals surface area (Å²) in [6.45, 7) is 5.46. The highest BCUT2D eigenvalue weighted by atomic mass is 16.3. The number of carbonyl (C=O) groups is 1. The summed E-state index contributed by atoms with van der Waals surface area (Å²) in [5, 5.41) is 12.5. The van der Waals surface area contributed by atoms with Crippen molar-refractivity contribution in [3.8, 4) is 0 Å². The number of hydrogen-bond donors (Lipinski definition) is 2. The first-order valence-electron chi connectivity index (χ1n) is 6.33. The van der Waals surface area contributed by atoms with E-state index in [0.717, 1.165) is 24.3 Å². The zero-order chi connectivity index (χ0) is 13.1. The summed E-state index contributed by atoms with van der Waals surface area (Å²) in [7, 11) is 0. The molecule has 4 nitrogen and oxygen atoms in total. The molecule has 18 heavy (non-hydrogen) atoms. The Labute approximate surface area is 108 Å². The molecule has 1 fully saturated rings. The van der Waals surface area contributed by atoms with Crippen LogP contribution in [0.4, 0.5) is 5.69 Å². The van der Waals surface area contributed by atoms with E-state index in [0.29, 0.717) is 6.04 Å². The molecular weight excluding hydrogens is 228 g/mol. The highest BCUT2D eigenvalue weighted by Crippen LogP contribution is 2.21. The van der Waals surface area contributed by atoms with Crippen molar-refractivity contribution in [1.29, 1.82) is 0 Å². The molecule has 1 aromatic carbocycles. The third kappa shape index (κ3) is 2.71. The summed E-state index contributed by atoms with van der Waals surface area (Å²) in [6.07, 6.45) is 0. The summed E-state index contributed by atoms with van der Waals surface area (Å²) in [4.78, 5) is 13.7. The van der Waals surface area contributed by atoms with E-state index in [-0.39, 0.29) is 18.4 Å². The van der Waals surface area contributed by atoms with E-state index in [2.05, 4.69) is 17.1 Å². The molecule has 1 aliphatic heterocycles.